The Bertz CT molecular complexity index is 355. The Hall–Kier alpha value is -0.310. The van der Waals surface area contributed by atoms with Crippen LogP contribution < -0.4 is 5.32 Å². The van der Waals surface area contributed by atoms with Gasteiger partial charge in [-0.3, -0.25) is 0 Å². The molecule has 0 radical (unpaired) electrons. The standard InChI is InChI=1S/C13H18Cl2FN/c1-9(2)5-11(14)8-17-7-10-3-4-13(16)12(15)6-10/h3-4,6,9,11,17H,5,7-8H2,1-2H3. The van der Waals surface area contributed by atoms with E-state index in [1.807, 2.05) is 0 Å². The summed E-state index contributed by atoms with van der Waals surface area (Å²) in [4.78, 5) is 0. The van der Waals surface area contributed by atoms with Crippen molar-refractivity contribution in [2.75, 3.05) is 6.54 Å². The van der Waals surface area contributed by atoms with Crippen LogP contribution in [0.1, 0.15) is 25.8 Å². The zero-order valence-electron chi connectivity index (χ0n) is 10.1. The number of alkyl halides is 1. The SMILES string of the molecule is CC(C)CC(Cl)CNCc1ccc(F)c(Cl)c1. The van der Waals surface area contributed by atoms with Crippen LogP contribution in [-0.2, 0) is 6.54 Å². The van der Waals surface area contributed by atoms with Gasteiger partial charge >= 0.3 is 0 Å². The summed E-state index contributed by atoms with van der Waals surface area (Å²) in [7, 11) is 0. The minimum atomic E-state index is -0.384. The van der Waals surface area contributed by atoms with Crippen LogP contribution >= 0.6 is 23.2 Å². The van der Waals surface area contributed by atoms with Crippen molar-refractivity contribution in [2.45, 2.75) is 32.2 Å². The fourth-order valence-electron chi connectivity index (χ4n) is 1.62. The molecule has 0 heterocycles. The number of rotatable bonds is 6. The molecule has 0 fully saturated rings. The van der Waals surface area contributed by atoms with Crippen LogP contribution in [0.2, 0.25) is 5.02 Å². The lowest BCUT2D eigenvalue weighted by molar-refractivity contribution is 0.533. The third kappa shape index (κ3) is 5.71. The van der Waals surface area contributed by atoms with Crippen LogP contribution in [0, 0.1) is 11.7 Å². The second kappa shape index (κ2) is 7.20. The first kappa shape index (κ1) is 14.7. The molecular formula is C13H18Cl2FN. The third-order valence-corrected chi connectivity index (χ3v) is 3.03. The van der Waals surface area contributed by atoms with E-state index < -0.39 is 0 Å². The maximum atomic E-state index is 12.9. The van der Waals surface area contributed by atoms with E-state index in [-0.39, 0.29) is 16.2 Å². The number of hydrogen-bond acceptors (Lipinski definition) is 1. The zero-order valence-corrected chi connectivity index (χ0v) is 11.7. The molecule has 0 aromatic heterocycles. The smallest absolute Gasteiger partial charge is 0.141 e. The molecule has 0 saturated heterocycles. The van der Waals surface area contributed by atoms with Crippen LogP contribution in [0.4, 0.5) is 4.39 Å². The summed E-state index contributed by atoms with van der Waals surface area (Å²) in [6.07, 6.45) is 0.985. The molecule has 4 heteroatoms. The Labute approximate surface area is 112 Å². The molecule has 0 bridgehead atoms. The summed E-state index contributed by atoms with van der Waals surface area (Å²) < 4.78 is 12.9. The van der Waals surface area contributed by atoms with Crippen molar-refractivity contribution < 1.29 is 4.39 Å². The van der Waals surface area contributed by atoms with Crippen LogP contribution in [0.5, 0.6) is 0 Å². The van der Waals surface area contributed by atoms with Gasteiger partial charge in [0.1, 0.15) is 5.82 Å². The Morgan fingerprint density at radius 2 is 2.06 bits per heavy atom. The monoisotopic (exact) mass is 277 g/mol. The molecule has 0 aliphatic heterocycles. The van der Waals surface area contributed by atoms with E-state index in [9.17, 15) is 4.39 Å². The molecule has 1 N–H and O–H groups in total. The molecule has 0 saturated carbocycles. The second-order valence-electron chi connectivity index (χ2n) is 4.61. The van der Waals surface area contributed by atoms with Gasteiger partial charge in [-0.25, -0.2) is 4.39 Å². The molecule has 0 aliphatic carbocycles. The minimum absolute atomic E-state index is 0.130. The molecule has 0 spiro atoms. The molecule has 0 amide bonds. The molecule has 1 nitrogen and oxygen atoms in total. The van der Waals surface area contributed by atoms with E-state index in [0.717, 1.165) is 18.5 Å². The van der Waals surface area contributed by atoms with E-state index in [1.54, 1.807) is 12.1 Å². The number of nitrogens with one attached hydrogen (secondary N) is 1. The van der Waals surface area contributed by atoms with E-state index >= 15 is 0 Å². The van der Waals surface area contributed by atoms with Crippen LogP contribution in [0.15, 0.2) is 18.2 Å². The topological polar surface area (TPSA) is 12.0 Å². The van der Waals surface area contributed by atoms with Gasteiger partial charge in [0, 0.05) is 18.5 Å². The fraction of sp³-hybridized carbons (Fsp3) is 0.538. The fourth-order valence-corrected chi connectivity index (χ4v) is 2.29. The lowest BCUT2D eigenvalue weighted by Gasteiger charge is -2.13. The molecule has 0 aliphatic rings. The quantitative estimate of drug-likeness (QED) is 0.768. The van der Waals surface area contributed by atoms with Gasteiger partial charge in [-0.05, 0) is 30.0 Å². The van der Waals surface area contributed by atoms with Gasteiger partial charge in [0.2, 0.25) is 0 Å². The first-order valence-corrected chi connectivity index (χ1v) is 6.59. The third-order valence-electron chi connectivity index (χ3n) is 2.41. The van der Waals surface area contributed by atoms with Gasteiger partial charge in [-0.1, -0.05) is 31.5 Å². The number of halogens is 3. The Morgan fingerprint density at radius 1 is 1.35 bits per heavy atom. The van der Waals surface area contributed by atoms with Crippen LogP contribution in [0.25, 0.3) is 0 Å². The average Bonchev–Trinajstić information content (AvgIpc) is 2.22. The minimum Gasteiger partial charge on any atom is -0.311 e. The highest BCUT2D eigenvalue weighted by molar-refractivity contribution is 6.30. The maximum Gasteiger partial charge on any atom is 0.141 e. The molecule has 1 aromatic rings. The van der Waals surface area contributed by atoms with Crippen molar-refractivity contribution >= 4 is 23.2 Å². The van der Waals surface area contributed by atoms with Gasteiger partial charge in [0.05, 0.1) is 5.02 Å². The summed E-state index contributed by atoms with van der Waals surface area (Å²) in [5, 5.41) is 3.53. The largest absolute Gasteiger partial charge is 0.311 e. The van der Waals surface area contributed by atoms with Crippen molar-refractivity contribution in [3.63, 3.8) is 0 Å². The molecule has 17 heavy (non-hydrogen) atoms. The van der Waals surface area contributed by atoms with Crippen molar-refractivity contribution in [1.82, 2.24) is 5.32 Å². The molecule has 1 unspecified atom stereocenters. The Kier molecular flexibility index (Phi) is 6.24. The predicted molar refractivity (Wildman–Crippen MR) is 72.2 cm³/mol. The normalized spacial score (nSPS) is 13.1. The van der Waals surface area contributed by atoms with Gasteiger partial charge in [-0.2, -0.15) is 0 Å². The summed E-state index contributed by atoms with van der Waals surface area (Å²) in [6.45, 7) is 5.69. The maximum absolute atomic E-state index is 12.9. The van der Waals surface area contributed by atoms with Crippen LogP contribution in [-0.4, -0.2) is 11.9 Å². The Balaban J connectivity index is 2.33. The van der Waals surface area contributed by atoms with Crippen molar-refractivity contribution in [2.24, 2.45) is 5.92 Å². The number of benzene rings is 1. The second-order valence-corrected chi connectivity index (χ2v) is 5.63. The number of hydrogen-bond donors (Lipinski definition) is 1. The van der Waals surface area contributed by atoms with Crippen LogP contribution in [0.3, 0.4) is 0 Å². The molecule has 1 aromatic carbocycles. The van der Waals surface area contributed by atoms with Gasteiger partial charge in [0.25, 0.3) is 0 Å². The molecule has 96 valence electrons. The van der Waals surface area contributed by atoms with E-state index in [4.69, 9.17) is 23.2 Å². The average molecular weight is 278 g/mol. The molecule has 1 atom stereocenters. The van der Waals surface area contributed by atoms with Gasteiger partial charge < -0.3 is 5.32 Å². The first-order valence-electron chi connectivity index (χ1n) is 5.77. The summed E-state index contributed by atoms with van der Waals surface area (Å²) in [5.41, 5.74) is 0.963. The van der Waals surface area contributed by atoms with Gasteiger partial charge in [0.15, 0.2) is 0 Å². The summed E-state index contributed by atoms with van der Waals surface area (Å²) in [5.74, 6) is 0.213. The lowest BCUT2D eigenvalue weighted by Crippen LogP contribution is -2.23. The van der Waals surface area contributed by atoms with E-state index in [1.165, 1.54) is 6.07 Å². The van der Waals surface area contributed by atoms with Gasteiger partial charge in [-0.15, -0.1) is 11.6 Å². The summed E-state index contributed by atoms with van der Waals surface area (Å²) in [6, 6.07) is 4.74. The lowest BCUT2D eigenvalue weighted by atomic mass is 10.1. The molecule has 1 rings (SSSR count). The Morgan fingerprint density at radius 3 is 2.65 bits per heavy atom. The van der Waals surface area contributed by atoms with Crippen molar-refractivity contribution in [3.05, 3.63) is 34.6 Å². The highest BCUT2D eigenvalue weighted by Crippen LogP contribution is 2.16. The molecular weight excluding hydrogens is 260 g/mol. The zero-order chi connectivity index (χ0) is 12.8. The highest BCUT2D eigenvalue weighted by Gasteiger charge is 2.07. The van der Waals surface area contributed by atoms with E-state index in [2.05, 4.69) is 19.2 Å². The van der Waals surface area contributed by atoms with E-state index in [0.29, 0.717) is 12.5 Å². The van der Waals surface area contributed by atoms with Crippen molar-refractivity contribution in [1.29, 1.82) is 0 Å². The summed E-state index contributed by atoms with van der Waals surface area (Å²) >= 11 is 11.8. The van der Waals surface area contributed by atoms with Crippen molar-refractivity contribution in [3.8, 4) is 0 Å². The predicted octanol–water partition coefficient (Wildman–Crippen LogP) is 4.22. The highest BCUT2D eigenvalue weighted by atomic mass is 35.5. The first-order chi connectivity index (χ1) is 7.99.